The van der Waals surface area contributed by atoms with Crippen molar-refractivity contribution < 1.29 is 9.53 Å². The minimum atomic E-state index is -0.0538. The van der Waals surface area contributed by atoms with Crippen molar-refractivity contribution in [3.05, 3.63) is 0 Å². The Labute approximate surface area is 85.2 Å². The zero-order valence-corrected chi connectivity index (χ0v) is 8.79. The van der Waals surface area contributed by atoms with Gasteiger partial charge in [0.05, 0.1) is 6.61 Å². The van der Waals surface area contributed by atoms with E-state index in [0.717, 1.165) is 12.3 Å². The van der Waals surface area contributed by atoms with Crippen LogP contribution in [-0.4, -0.2) is 24.7 Å². The summed E-state index contributed by atoms with van der Waals surface area (Å²) in [5.74, 6) is 0.667. The molecule has 80 valence electrons. The molecule has 0 amide bonds. The monoisotopic (exact) mass is 197 g/mol. The van der Waals surface area contributed by atoms with Crippen LogP contribution in [0.5, 0.6) is 0 Å². The van der Waals surface area contributed by atoms with Crippen LogP contribution in [0.4, 0.5) is 0 Å². The van der Waals surface area contributed by atoms with Crippen LogP contribution < -0.4 is 5.32 Å². The third-order valence-corrected chi connectivity index (χ3v) is 3.43. The van der Waals surface area contributed by atoms with Gasteiger partial charge in [0.2, 0.25) is 0 Å². The lowest BCUT2D eigenvalue weighted by Gasteiger charge is -2.24. The first-order valence-electron chi connectivity index (χ1n) is 5.74. The average molecular weight is 197 g/mol. The summed E-state index contributed by atoms with van der Waals surface area (Å²) >= 11 is 0. The molecule has 3 heteroatoms. The van der Waals surface area contributed by atoms with Crippen LogP contribution in [0, 0.1) is 5.92 Å². The third-order valence-electron chi connectivity index (χ3n) is 3.43. The molecule has 3 nitrogen and oxygen atoms in total. The molecule has 0 bridgehead atoms. The fourth-order valence-corrected chi connectivity index (χ4v) is 2.75. The zero-order valence-electron chi connectivity index (χ0n) is 8.79. The van der Waals surface area contributed by atoms with Gasteiger partial charge in [0.25, 0.3) is 0 Å². The van der Waals surface area contributed by atoms with Crippen LogP contribution in [0.25, 0.3) is 0 Å². The quantitative estimate of drug-likeness (QED) is 0.681. The number of esters is 1. The van der Waals surface area contributed by atoms with Crippen molar-refractivity contribution in [2.24, 2.45) is 5.92 Å². The van der Waals surface area contributed by atoms with Gasteiger partial charge in [0.15, 0.2) is 0 Å². The van der Waals surface area contributed by atoms with Crippen molar-refractivity contribution in [1.29, 1.82) is 0 Å². The van der Waals surface area contributed by atoms with Crippen molar-refractivity contribution in [1.82, 2.24) is 5.32 Å². The number of rotatable bonds is 2. The smallest absolute Gasteiger partial charge is 0.323 e. The van der Waals surface area contributed by atoms with Crippen molar-refractivity contribution in [3.63, 3.8) is 0 Å². The number of fused-ring (bicyclic) bond motifs is 1. The highest BCUT2D eigenvalue weighted by Crippen LogP contribution is 2.33. The first kappa shape index (κ1) is 9.97. The molecule has 0 spiro atoms. The largest absolute Gasteiger partial charge is 0.465 e. The van der Waals surface area contributed by atoms with E-state index < -0.39 is 0 Å². The molecule has 1 heterocycles. The average Bonchev–Trinajstić information content (AvgIpc) is 2.61. The second-order valence-electron chi connectivity index (χ2n) is 4.36. The summed E-state index contributed by atoms with van der Waals surface area (Å²) in [5.41, 5.74) is 0. The molecule has 0 unspecified atom stereocenters. The molecule has 0 aromatic heterocycles. The Morgan fingerprint density at radius 1 is 1.43 bits per heavy atom. The van der Waals surface area contributed by atoms with E-state index in [2.05, 4.69) is 5.32 Å². The highest BCUT2D eigenvalue weighted by Gasteiger charge is 2.38. The van der Waals surface area contributed by atoms with E-state index in [9.17, 15) is 4.79 Å². The Bertz CT molecular complexity index is 203. The molecule has 1 saturated heterocycles. The van der Waals surface area contributed by atoms with E-state index in [1.165, 1.54) is 25.7 Å². The Balaban J connectivity index is 1.89. The first-order valence-corrected chi connectivity index (χ1v) is 5.74. The molecule has 2 aliphatic rings. The van der Waals surface area contributed by atoms with Gasteiger partial charge in [-0.3, -0.25) is 4.79 Å². The summed E-state index contributed by atoms with van der Waals surface area (Å²) in [6.45, 7) is 2.35. The standard InChI is InChI=1S/C11H19NO2/c1-2-14-11(13)10-7-8-5-3-4-6-9(8)12-10/h8-10,12H,2-7H2,1H3/t8-,9+,10-/m0/s1. The molecule has 2 fully saturated rings. The van der Waals surface area contributed by atoms with Crippen LogP contribution in [0.15, 0.2) is 0 Å². The highest BCUT2D eigenvalue weighted by atomic mass is 16.5. The number of carbonyl (C=O) groups excluding carboxylic acids is 1. The van der Waals surface area contributed by atoms with Gasteiger partial charge in [0.1, 0.15) is 6.04 Å². The normalized spacial score (nSPS) is 36.5. The first-order chi connectivity index (χ1) is 6.81. The minimum absolute atomic E-state index is 0.0250. The molecule has 1 aliphatic carbocycles. The molecule has 14 heavy (non-hydrogen) atoms. The second kappa shape index (κ2) is 4.30. The summed E-state index contributed by atoms with van der Waals surface area (Å²) < 4.78 is 5.03. The third kappa shape index (κ3) is 1.92. The van der Waals surface area contributed by atoms with Gasteiger partial charge in [-0.1, -0.05) is 12.8 Å². The summed E-state index contributed by atoms with van der Waals surface area (Å²) in [6, 6.07) is 0.557. The molecular weight excluding hydrogens is 178 g/mol. The van der Waals surface area contributed by atoms with Crippen LogP contribution in [0.1, 0.15) is 39.0 Å². The Morgan fingerprint density at radius 3 is 2.93 bits per heavy atom. The molecule has 1 N–H and O–H groups in total. The van der Waals surface area contributed by atoms with E-state index in [4.69, 9.17) is 4.74 Å². The van der Waals surface area contributed by atoms with Crippen LogP contribution >= 0.6 is 0 Å². The number of carbonyl (C=O) groups is 1. The van der Waals surface area contributed by atoms with E-state index in [1.54, 1.807) is 0 Å². The van der Waals surface area contributed by atoms with Crippen LogP contribution in [-0.2, 0) is 9.53 Å². The van der Waals surface area contributed by atoms with Crippen molar-refractivity contribution in [3.8, 4) is 0 Å². The number of hydrogen-bond donors (Lipinski definition) is 1. The lowest BCUT2D eigenvalue weighted by atomic mass is 9.85. The molecule has 0 aromatic rings. The van der Waals surface area contributed by atoms with Gasteiger partial charge < -0.3 is 10.1 Å². The van der Waals surface area contributed by atoms with Gasteiger partial charge in [-0.15, -0.1) is 0 Å². The number of ether oxygens (including phenoxy) is 1. The zero-order chi connectivity index (χ0) is 9.97. The number of hydrogen-bond acceptors (Lipinski definition) is 3. The second-order valence-corrected chi connectivity index (χ2v) is 4.36. The molecule has 1 saturated carbocycles. The van der Waals surface area contributed by atoms with E-state index in [0.29, 0.717) is 12.6 Å². The SMILES string of the molecule is CCOC(=O)[C@@H]1C[C@@H]2CCCC[C@H]2N1. The number of nitrogens with one attached hydrogen (secondary N) is 1. The topological polar surface area (TPSA) is 38.3 Å². The van der Waals surface area contributed by atoms with Crippen molar-refractivity contribution in [2.45, 2.75) is 51.1 Å². The van der Waals surface area contributed by atoms with Gasteiger partial charge in [0, 0.05) is 6.04 Å². The van der Waals surface area contributed by atoms with Crippen molar-refractivity contribution in [2.75, 3.05) is 6.61 Å². The molecule has 0 radical (unpaired) electrons. The van der Waals surface area contributed by atoms with Gasteiger partial charge in [-0.25, -0.2) is 0 Å². The Kier molecular flexibility index (Phi) is 3.06. The lowest BCUT2D eigenvalue weighted by Crippen LogP contribution is -2.38. The van der Waals surface area contributed by atoms with Crippen molar-refractivity contribution >= 4 is 5.97 Å². The molecule has 0 aromatic carbocycles. The Hall–Kier alpha value is -0.570. The highest BCUT2D eigenvalue weighted by molar-refractivity contribution is 5.76. The maximum atomic E-state index is 11.5. The summed E-state index contributed by atoms with van der Waals surface area (Å²) in [7, 11) is 0. The minimum Gasteiger partial charge on any atom is -0.465 e. The lowest BCUT2D eigenvalue weighted by molar-refractivity contribution is -0.145. The fraction of sp³-hybridized carbons (Fsp3) is 0.909. The Morgan fingerprint density at radius 2 is 2.21 bits per heavy atom. The summed E-state index contributed by atoms with van der Waals surface area (Å²) in [6.07, 6.45) is 6.15. The molecule has 3 atom stereocenters. The maximum Gasteiger partial charge on any atom is 0.323 e. The van der Waals surface area contributed by atoms with Gasteiger partial charge >= 0.3 is 5.97 Å². The predicted octanol–water partition coefficient (Wildman–Crippen LogP) is 1.47. The van der Waals surface area contributed by atoms with Gasteiger partial charge in [-0.2, -0.15) is 0 Å². The van der Waals surface area contributed by atoms with Crippen LogP contribution in [0.2, 0.25) is 0 Å². The molecule has 2 rings (SSSR count). The van der Waals surface area contributed by atoms with E-state index in [1.807, 2.05) is 6.92 Å². The maximum absolute atomic E-state index is 11.5. The predicted molar refractivity (Wildman–Crippen MR) is 53.9 cm³/mol. The summed E-state index contributed by atoms with van der Waals surface area (Å²) in [5, 5.41) is 3.40. The van der Waals surface area contributed by atoms with E-state index in [-0.39, 0.29) is 12.0 Å². The van der Waals surface area contributed by atoms with E-state index >= 15 is 0 Å². The molecule has 1 aliphatic heterocycles. The molecular formula is C11H19NO2. The fourth-order valence-electron chi connectivity index (χ4n) is 2.75. The van der Waals surface area contributed by atoms with Gasteiger partial charge in [-0.05, 0) is 32.1 Å². The van der Waals surface area contributed by atoms with Crippen LogP contribution in [0.3, 0.4) is 0 Å². The summed E-state index contributed by atoms with van der Waals surface area (Å²) in [4.78, 5) is 11.5.